The maximum Gasteiger partial charge on any atom is 0.273 e. The summed E-state index contributed by atoms with van der Waals surface area (Å²) in [6, 6.07) is 3.73. The summed E-state index contributed by atoms with van der Waals surface area (Å²) in [6.07, 6.45) is 1.70. The molecular formula is C14H18N4O2. The van der Waals surface area contributed by atoms with Crippen molar-refractivity contribution in [3.05, 3.63) is 34.4 Å². The van der Waals surface area contributed by atoms with E-state index in [-0.39, 0.29) is 5.56 Å². The molecule has 0 N–H and O–H groups in total. The molecule has 3 heterocycles. The largest absolute Gasteiger partial charge is 0.379 e. The Morgan fingerprint density at radius 2 is 2.10 bits per heavy atom. The van der Waals surface area contributed by atoms with E-state index in [1.165, 1.54) is 0 Å². The van der Waals surface area contributed by atoms with Crippen molar-refractivity contribution >= 4 is 11.2 Å². The van der Waals surface area contributed by atoms with Crippen LogP contribution in [0.2, 0.25) is 0 Å². The van der Waals surface area contributed by atoms with Gasteiger partial charge in [0.15, 0.2) is 5.65 Å². The van der Waals surface area contributed by atoms with E-state index in [1.807, 2.05) is 12.1 Å². The van der Waals surface area contributed by atoms with Crippen LogP contribution in [-0.2, 0) is 11.3 Å². The molecule has 0 aromatic carbocycles. The first-order chi connectivity index (χ1) is 9.75. The Labute approximate surface area is 117 Å². The molecule has 20 heavy (non-hydrogen) atoms. The van der Waals surface area contributed by atoms with Crippen molar-refractivity contribution in [1.29, 1.82) is 0 Å². The fraction of sp³-hybridized carbons (Fsp3) is 0.500. The first-order valence-electron chi connectivity index (χ1n) is 6.88. The zero-order valence-electron chi connectivity index (χ0n) is 11.6. The first-order valence-corrected chi connectivity index (χ1v) is 6.88. The van der Waals surface area contributed by atoms with Gasteiger partial charge in [-0.2, -0.15) is 0 Å². The Morgan fingerprint density at radius 1 is 1.30 bits per heavy atom. The minimum atomic E-state index is -0.0514. The molecule has 3 rings (SSSR count). The van der Waals surface area contributed by atoms with Crippen LogP contribution >= 0.6 is 0 Å². The van der Waals surface area contributed by atoms with Gasteiger partial charge >= 0.3 is 0 Å². The third kappa shape index (κ3) is 2.57. The lowest BCUT2D eigenvalue weighted by molar-refractivity contribution is 0.0364. The molecule has 1 aliphatic heterocycles. The third-order valence-corrected chi connectivity index (χ3v) is 3.61. The summed E-state index contributed by atoms with van der Waals surface area (Å²) in [7, 11) is 0. The summed E-state index contributed by atoms with van der Waals surface area (Å²) in [5.41, 5.74) is 1.90. The van der Waals surface area contributed by atoms with Crippen LogP contribution in [0.25, 0.3) is 11.2 Å². The van der Waals surface area contributed by atoms with E-state index in [0.717, 1.165) is 38.4 Å². The molecule has 0 bridgehead atoms. The van der Waals surface area contributed by atoms with Crippen LogP contribution < -0.4 is 5.56 Å². The number of rotatable bonds is 3. The maximum atomic E-state index is 12.3. The molecule has 0 aliphatic carbocycles. The predicted octanol–water partition coefficient (Wildman–Crippen LogP) is 0.432. The fourth-order valence-corrected chi connectivity index (χ4v) is 2.48. The van der Waals surface area contributed by atoms with Gasteiger partial charge in [0.1, 0.15) is 11.2 Å². The van der Waals surface area contributed by atoms with Crippen LogP contribution in [0, 0.1) is 6.92 Å². The van der Waals surface area contributed by atoms with Crippen LogP contribution in [0.3, 0.4) is 0 Å². The molecule has 2 aromatic rings. The molecule has 2 aromatic heterocycles. The smallest absolute Gasteiger partial charge is 0.273 e. The predicted molar refractivity (Wildman–Crippen MR) is 75.8 cm³/mol. The van der Waals surface area contributed by atoms with Crippen LogP contribution in [0.4, 0.5) is 0 Å². The highest BCUT2D eigenvalue weighted by molar-refractivity contribution is 5.69. The van der Waals surface area contributed by atoms with E-state index >= 15 is 0 Å². The molecule has 106 valence electrons. The van der Waals surface area contributed by atoms with Crippen molar-refractivity contribution in [2.75, 3.05) is 32.8 Å². The van der Waals surface area contributed by atoms with Crippen LogP contribution in [0.5, 0.6) is 0 Å². The summed E-state index contributed by atoms with van der Waals surface area (Å²) in [4.78, 5) is 23.2. The van der Waals surface area contributed by atoms with E-state index < -0.39 is 0 Å². The van der Waals surface area contributed by atoms with Crippen molar-refractivity contribution in [2.45, 2.75) is 13.5 Å². The number of pyridine rings is 1. The van der Waals surface area contributed by atoms with Gasteiger partial charge in [0.2, 0.25) is 0 Å². The number of hydrogen-bond acceptors (Lipinski definition) is 5. The Kier molecular flexibility index (Phi) is 3.75. The van der Waals surface area contributed by atoms with E-state index in [0.29, 0.717) is 17.9 Å². The van der Waals surface area contributed by atoms with Gasteiger partial charge in [-0.1, -0.05) is 0 Å². The van der Waals surface area contributed by atoms with Gasteiger partial charge in [-0.05, 0) is 19.1 Å². The van der Waals surface area contributed by atoms with Crippen LogP contribution in [0.1, 0.15) is 5.69 Å². The van der Waals surface area contributed by atoms with E-state index in [1.54, 1.807) is 17.7 Å². The fourth-order valence-electron chi connectivity index (χ4n) is 2.48. The van der Waals surface area contributed by atoms with E-state index in [9.17, 15) is 4.79 Å². The summed E-state index contributed by atoms with van der Waals surface area (Å²) in [5.74, 6) is 0. The highest BCUT2D eigenvalue weighted by Gasteiger charge is 2.13. The first kappa shape index (κ1) is 13.2. The summed E-state index contributed by atoms with van der Waals surface area (Å²) in [5, 5.41) is 0. The second kappa shape index (κ2) is 5.68. The summed E-state index contributed by atoms with van der Waals surface area (Å²) < 4.78 is 7.06. The molecule has 0 atom stereocenters. The van der Waals surface area contributed by atoms with Crippen molar-refractivity contribution in [2.24, 2.45) is 0 Å². The van der Waals surface area contributed by atoms with Gasteiger partial charge < -0.3 is 4.74 Å². The van der Waals surface area contributed by atoms with Crippen molar-refractivity contribution in [3.63, 3.8) is 0 Å². The lowest BCUT2D eigenvalue weighted by Crippen LogP contribution is -2.39. The number of aromatic nitrogens is 3. The molecule has 1 fully saturated rings. The van der Waals surface area contributed by atoms with Gasteiger partial charge in [-0.15, -0.1) is 0 Å². The monoisotopic (exact) mass is 274 g/mol. The minimum absolute atomic E-state index is 0.0514. The number of ether oxygens (including phenoxy) is 1. The standard InChI is InChI=1S/C14H18N4O2/c1-11-14(19)18(6-5-17-7-9-20-10-8-17)13-12(16-11)3-2-4-15-13/h2-4H,5-10H2,1H3. The minimum Gasteiger partial charge on any atom is -0.379 e. The van der Waals surface area contributed by atoms with Gasteiger partial charge in [-0.25, -0.2) is 9.97 Å². The zero-order chi connectivity index (χ0) is 13.9. The molecule has 1 aliphatic rings. The molecule has 0 radical (unpaired) electrons. The highest BCUT2D eigenvalue weighted by Crippen LogP contribution is 2.07. The number of morpholine rings is 1. The van der Waals surface area contributed by atoms with Crippen LogP contribution in [-0.4, -0.2) is 52.3 Å². The summed E-state index contributed by atoms with van der Waals surface area (Å²) >= 11 is 0. The Balaban J connectivity index is 1.89. The quantitative estimate of drug-likeness (QED) is 0.812. The Morgan fingerprint density at radius 3 is 2.90 bits per heavy atom. The number of nitrogens with zero attached hydrogens (tertiary/aromatic N) is 4. The second-order valence-corrected chi connectivity index (χ2v) is 4.95. The molecule has 0 spiro atoms. The van der Waals surface area contributed by atoms with Crippen molar-refractivity contribution < 1.29 is 4.74 Å². The van der Waals surface area contributed by atoms with Gasteiger partial charge in [0.05, 0.1) is 13.2 Å². The molecule has 0 amide bonds. The summed E-state index contributed by atoms with van der Waals surface area (Å²) in [6.45, 7) is 6.59. The number of hydrogen-bond donors (Lipinski definition) is 0. The SMILES string of the molecule is Cc1nc2cccnc2n(CCN2CCOCC2)c1=O. The molecular weight excluding hydrogens is 256 g/mol. The molecule has 6 nitrogen and oxygen atoms in total. The Hall–Kier alpha value is -1.79. The number of fused-ring (bicyclic) bond motifs is 1. The average molecular weight is 274 g/mol. The Bertz CT molecular complexity index is 662. The molecule has 1 saturated heterocycles. The normalized spacial score (nSPS) is 16.6. The second-order valence-electron chi connectivity index (χ2n) is 4.95. The topological polar surface area (TPSA) is 60.3 Å². The molecule has 0 saturated carbocycles. The maximum absolute atomic E-state index is 12.3. The van der Waals surface area contributed by atoms with Crippen molar-refractivity contribution in [3.8, 4) is 0 Å². The molecule has 0 unspecified atom stereocenters. The average Bonchev–Trinajstić information content (AvgIpc) is 2.49. The van der Waals surface area contributed by atoms with Crippen LogP contribution in [0.15, 0.2) is 23.1 Å². The lowest BCUT2D eigenvalue weighted by Gasteiger charge is -2.26. The van der Waals surface area contributed by atoms with E-state index in [4.69, 9.17) is 4.74 Å². The van der Waals surface area contributed by atoms with Gasteiger partial charge in [-0.3, -0.25) is 14.3 Å². The van der Waals surface area contributed by atoms with E-state index in [2.05, 4.69) is 14.9 Å². The van der Waals surface area contributed by atoms with Gasteiger partial charge in [0.25, 0.3) is 5.56 Å². The number of aryl methyl sites for hydroxylation is 1. The molecule has 6 heteroatoms. The third-order valence-electron chi connectivity index (χ3n) is 3.61. The zero-order valence-corrected chi connectivity index (χ0v) is 11.6. The highest BCUT2D eigenvalue weighted by atomic mass is 16.5. The van der Waals surface area contributed by atoms with Crippen molar-refractivity contribution in [1.82, 2.24) is 19.4 Å². The lowest BCUT2D eigenvalue weighted by atomic mass is 10.3. The van der Waals surface area contributed by atoms with Gasteiger partial charge in [0, 0.05) is 32.4 Å².